The number of rotatable bonds is 6. The average Bonchev–Trinajstić information content (AvgIpc) is 2.83. The van der Waals surface area contributed by atoms with Crippen LogP contribution in [0.2, 0.25) is 0 Å². The fourth-order valence-corrected chi connectivity index (χ4v) is 3.77. The molecule has 1 aromatic rings. The molecule has 0 aliphatic heterocycles. The van der Waals surface area contributed by atoms with Crippen molar-refractivity contribution >= 4 is 11.8 Å². The van der Waals surface area contributed by atoms with Crippen LogP contribution < -0.4 is 5.32 Å². The third-order valence-corrected chi connectivity index (χ3v) is 6.16. The predicted octanol–water partition coefficient (Wildman–Crippen LogP) is 4.32. The standard InChI is InChI=1S/C16H24FNS/c1-4-16(5-2,19-3)11-18-15-9-6-12-10-13(17)7-8-14(12)15/h7-8,10,15,18H,4-6,9,11H2,1-3H3. The summed E-state index contributed by atoms with van der Waals surface area (Å²) in [6, 6.07) is 5.63. The number of hydrogen-bond acceptors (Lipinski definition) is 2. The van der Waals surface area contributed by atoms with E-state index in [2.05, 4.69) is 25.4 Å². The van der Waals surface area contributed by atoms with Crippen LogP contribution in [0.25, 0.3) is 0 Å². The van der Waals surface area contributed by atoms with Crippen LogP contribution in [-0.2, 0) is 6.42 Å². The number of aryl methyl sites for hydroxylation is 1. The molecule has 1 aromatic carbocycles. The van der Waals surface area contributed by atoms with Crippen molar-refractivity contribution in [3.8, 4) is 0 Å². The number of nitrogens with one attached hydrogen (secondary N) is 1. The number of halogens is 1. The van der Waals surface area contributed by atoms with Gasteiger partial charge in [-0.2, -0.15) is 11.8 Å². The van der Waals surface area contributed by atoms with Crippen molar-refractivity contribution in [2.24, 2.45) is 0 Å². The highest BCUT2D eigenvalue weighted by Gasteiger charge is 2.28. The zero-order chi connectivity index (χ0) is 13.9. The molecule has 0 bridgehead atoms. The van der Waals surface area contributed by atoms with E-state index < -0.39 is 0 Å². The smallest absolute Gasteiger partial charge is 0.123 e. The number of hydrogen-bond donors (Lipinski definition) is 1. The summed E-state index contributed by atoms with van der Waals surface area (Å²) in [5.74, 6) is -0.111. The molecule has 0 saturated heterocycles. The molecule has 0 aromatic heterocycles. The lowest BCUT2D eigenvalue weighted by Gasteiger charge is -2.31. The highest BCUT2D eigenvalue weighted by atomic mass is 32.2. The van der Waals surface area contributed by atoms with Gasteiger partial charge in [0.25, 0.3) is 0 Å². The molecule has 19 heavy (non-hydrogen) atoms. The zero-order valence-electron chi connectivity index (χ0n) is 12.1. The van der Waals surface area contributed by atoms with Crippen LogP contribution >= 0.6 is 11.8 Å². The van der Waals surface area contributed by atoms with Crippen molar-refractivity contribution in [2.45, 2.75) is 50.3 Å². The summed E-state index contributed by atoms with van der Waals surface area (Å²) in [6.07, 6.45) is 6.65. The molecular formula is C16H24FNS. The van der Waals surface area contributed by atoms with Crippen molar-refractivity contribution in [2.75, 3.05) is 12.8 Å². The van der Waals surface area contributed by atoms with Crippen molar-refractivity contribution in [1.29, 1.82) is 0 Å². The molecule has 1 atom stereocenters. The molecule has 0 saturated carbocycles. The summed E-state index contributed by atoms with van der Waals surface area (Å²) in [5, 5.41) is 3.71. The normalized spacial score (nSPS) is 18.6. The summed E-state index contributed by atoms with van der Waals surface area (Å²) in [5.41, 5.74) is 2.48. The highest BCUT2D eigenvalue weighted by molar-refractivity contribution is 8.00. The van der Waals surface area contributed by atoms with Crippen molar-refractivity contribution < 1.29 is 4.39 Å². The van der Waals surface area contributed by atoms with Gasteiger partial charge in [0.15, 0.2) is 0 Å². The van der Waals surface area contributed by atoms with Gasteiger partial charge in [-0.25, -0.2) is 4.39 Å². The van der Waals surface area contributed by atoms with E-state index in [1.54, 1.807) is 12.1 Å². The van der Waals surface area contributed by atoms with Gasteiger partial charge >= 0.3 is 0 Å². The molecule has 0 heterocycles. The number of thioether (sulfide) groups is 1. The van der Waals surface area contributed by atoms with Gasteiger partial charge in [0.2, 0.25) is 0 Å². The third-order valence-electron chi connectivity index (χ3n) is 4.58. The molecule has 2 rings (SSSR count). The van der Waals surface area contributed by atoms with E-state index in [1.807, 2.05) is 17.8 Å². The molecule has 3 heteroatoms. The minimum atomic E-state index is -0.111. The summed E-state index contributed by atoms with van der Waals surface area (Å²) in [6.45, 7) is 5.56. The SMILES string of the molecule is CCC(CC)(CNC1CCc2cc(F)ccc21)SC. The average molecular weight is 281 g/mol. The van der Waals surface area contributed by atoms with Gasteiger partial charge in [0.05, 0.1) is 0 Å². The second-order valence-electron chi connectivity index (χ2n) is 5.41. The molecule has 0 amide bonds. The van der Waals surface area contributed by atoms with Gasteiger partial charge in [0.1, 0.15) is 5.82 Å². The van der Waals surface area contributed by atoms with E-state index in [-0.39, 0.29) is 5.82 Å². The molecular weight excluding hydrogens is 257 g/mol. The van der Waals surface area contributed by atoms with Crippen LogP contribution in [0.1, 0.15) is 50.3 Å². The summed E-state index contributed by atoms with van der Waals surface area (Å²) in [4.78, 5) is 0. The maximum absolute atomic E-state index is 13.2. The van der Waals surface area contributed by atoms with Gasteiger partial charge in [-0.15, -0.1) is 0 Å². The molecule has 106 valence electrons. The lowest BCUT2D eigenvalue weighted by Crippen LogP contribution is -2.38. The first-order chi connectivity index (χ1) is 9.14. The lowest BCUT2D eigenvalue weighted by molar-refractivity contribution is 0.443. The quantitative estimate of drug-likeness (QED) is 0.833. The molecule has 0 fully saturated rings. The van der Waals surface area contributed by atoms with Crippen LogP contribution in [0.15, 0.2) is 18.2 Å². The third kappa shape index (κ3) is 3.14. The van der Waals surface area contributed by atoms with Gasteiger partial charge < -0.3 is 5.32 Å². The molecule has 1 N–H and O–H groups in total. The molecule has 1 nitrogen and oxygen atoms in total. The van der Waals surface area contributed by atoms with Gasteiger partial charge in [-0.1, -0.05) is 19.9 Å². The van der Waals surface area contributed by atoms with Crippen LogP contribution in [-0.4, -0.2) is 17.5 Å². The first-order valence-electron chi connectivity index (χ1n) is 7.21. The van der Waals surface area contributed by atoms with E-state index in [0.29, 0.717) is 10.8 Å². The van der Waals surface area contributed by atoms with Gasteiger partial charge in [0, 0.05) is 17.3 Å². The Balaban J connectivity index is 2.03. The lowest BCUT2D eigenvalue weighted by atomic mass is 10.0. The Hall–Kier alpha value is -0.540. The van der Waals surface area contributed by atoms with E-state index in [1.165, 1.54) is 24.0 Å². The minimum Gasteiger partial charge on any atom is -0.309 e. The minimum absolute atomic E-state index is 0.111. The summed E-state index contributed by atoms with van der Waals surface area (Å²) in [7, 11) is 0. The molecule has 1 unspecified atom stereocenters. The molecule has 1 aliphatic rings. The molecule has 0 spiro atoms. The first kappa shape index (κ1) is 14.9. The summed E-state index contributed by atoms with van der Waals surface area (Å²) < 4.78 is 13.5. The van der Waals surface area contributed by atoms with Crippen LogP contribution in [0.3, 0.4) is 0 Å². The Kier molecular flexibility index (Phi) is 4.91. The van der Waals surface area contributed by atoms with E-state index in [0.717, 1.165) is 19.4 Å². The van der Waals surface area contributed by atoms with E-state index in [4.69, 9.17) is 0 Å². The Labute approximate surface area is 120 Å². The second kappa shape index (κ2) is 6.27. The van der Waals surface area contributed by atoms with Crippen LogP contribution in [0, 0.1) is 5.82 Å². The van der Waals surface area contributed by atoms with Crippen molar-refractivity contribution in [1.82, 2.24) is 5.32 Å². The van der Waals surface area contributed by atoms with Crippen LogP contribution in [0.4, 0.5) is 4.39 Å². The predicted molar refractivity (Wildman–Crippen MR) is 82.3 cm³/mol. The monoisotopic (exact) mass is 281 g/mol. The number of fused-ring (bicyclic) bond motifs is 1. The maximum atomic E-state index is 13.2. The van der Waals surface area contributed by atoms with E-state index >= 15 is 0 Å². The Morgan fingerprint density at radius 2 is 2.11 bits per heavy atom. The van der Waals surface area contributed by atoms with E-state index in [9.17, 15) is 4.39 Å². The van der Waals surface area contributed by atoms with Crippen molar-refractivity contribution in [3.63, 3.8) is 0 Å². The largest absolute Gasteiger partial charge is 0.309 e. The Bertz CT molecular complexity index is 420. The molecule has 0 radical (unpaired) electrons. The first-order valence-corrected chi connectivity index (χ1v) is 8.43. The molecule has 1 aliphatic carbocycles. The summed E-state index contributed by atoms with van der Waals surface area (Å²) >= 11 is 1.96. The number of benzene rings is 1. The van der Waals surface area contributed by atoms with Gasteiger partial charge in [-0.3, -0.25) is 0 Å². The fraction of sp³-hybridized carbons (Fsp3) is 0.625. The fourth-order valence-electron chi connectivity index (χ4n) is 2.97. The second-order valence-corrected chi connectivity index (χ2v) is 6.68. The Morgan fingerprint density at radius 1 is 1.37 bits per heavy atom. The van der Waals surface area contributed by atoms with Gasteiger partial charge in [-0.05, 0) is 55.2 Å². The Morgan fingerprint density at radius 3 is 2.74 bits per heavy atom. The zero-order valence-corrected chi connectivity index (χ0v) is 12.9. The van der Waals surface area contributed by atoms with Crippen LogP contribution in [0.5, 0.6) is 0 Å². The topological polar surface area (TPSA) is 12.0 Å². The maximum Gasteiger partial charge on any atom is 0.123 e. The van der Waals surface area contributed by atoms with Crippen molar-refractivity contribution in [3.05, 3.63) is 35.1 Å². The highest BCUT2D eigenvalue weighted by Crippen LogP contribution is 2.34.